The number of hydrogen-bond acceptors (Lipinski definition) is 4. The average Bonchev–Trinajstić information content (AvgIpc) is 2.75. The first-order valence-corrected chi connectivity index (χ1v) is 11.1. The first-order valence-electron chi connectivity index (χ1n) is 9.99. The van der Waals surface area contributed by atoms with Gasteiger partial charge in [0.15, 0.2) is 12.4 Å². The van der Waals surface area contributed by atoms with E-state index in [-0.39, 0.29) is 18.3 Å². The van der Waals surface area contributed by atoms with E-state index in [2.05, 4.69) is 10.6 Å². The Morgan fingerprint density at radius 2 is 1.53 bits per heavy atom. The van der Waals surface area contributed by atoms with Gasteiger partial charge in [0.05, 0.1) is 16.7 Å². The van der Waals surface area contributed by atoms with E-state index >= 15 is 0 Å². The van der Waals surface area contributed by atoms with Crippen LogP contribution in [-0.4, -0.2) is 19.1 Å². The molecule has 0 aliphatic carbocycles. The largest absolute Gasteiger partial charge is 0.494 e. The molecule has 0 aliphatic heterocycles. The number of aryl methyl sites for hydroxylation is 1. The molecular formula is C24H23Cl3N2O3. The van der Waals surface area contributed by atoms with Crippen molar-refractivity contribution < 1.29 is 14.3 Å². The molecule has 0 radical (unpaired) electrons. The van der Waals surface area contributed by atoms with Crippen LogP contribution in [0.1, 0.15) is 18.1 Å². The monoisotopic (exact) mass is 492 g/mol. The first-order chi connectivity index (χ1) is 15.4. The minimum absolute atomic E-state index is 0.241. The highest BCUT2D eigenvalue weighted by Gasteiger charge is 2.13. The van der Waals surface area contributed by atoms with Crippen LogP contribution >= 0.6 is 34.8 Å². The van der Waals surface area contributed by atoms with E-state index in [1.165, 1.54) is 0 Å². The van der Waals surface area contributed by atoms with Gasteiger partial charge in [-0.25, -0.2) is 0 Å². The molecule has 0 aromatic heterocycles. The van der Waals surface area contributed by atoms with Gasteiger partial charge in [-0.2, -0.15) is 0 Å². The number of benzene rings is 3. The molecule has 168 valence electrons. The van der Waals surface area contributed by atoms with E-state index in [9.17, 15) is 4.79 Å². The number of carbonyl (C=O) groups excluding carboxylic acids is 1. The van der Waals surface area contributed by atoms with Gasteiger partial charge in [-0.3, -0.25) is 4.79 Å². The summed E-state index contributed by atoms with van der Waals surface area (Å²) in [7, 11) is 0. The second-order valence-corrected chi connectivity index (χ2v) is 8.22. The van der Waals surface area contributed by atoms with Crippen LogP contribution in [0.3, 0.4) is 0 Å². The summed E-state index contributed by atoms with van der Waals surface area (Å²) in [6.07, 6.45) is 0. The molecule has 3 aromatic carbocycles. The molecule has 0 atom stereocenters. The third-order valence-corrected chi connectivity index (χ3v) is 5.49. The minimum Gasteiger partial charge on any atom is -0.494 e. The van der Waals surface area contributed by atoms with E-state index < -0.39 is 0 Å². The summed E-state index contributed by atoms with van der Waals surface area (Å²) in [5.74, 6) is 0.730. The van der Waals surface area contributed by atoms with Crippen molar-refractivity contribution in [3.8, 4) is 11.5 Å². The summed E-state index contributed by atoms with van der Waals surface area (Å²) in [4.78, 5) is 12.2. The molecule has 0 saturated carbocycles. The Labute approximate surface area is 202 Å². The summed E-state index contributed by atoms with van der Waals surface area (Å²) in [6, 6.07) is 16.5. The zero-order valence-electron chi connectivity index (χ0n) is 17.7. The molecule has 0 aliphatic rings. The highest BCUT2D eigenvalue weighted by molar-refractivity contribution is 6.37. The number of amides is 1. The molecule has 0 bridgehead atoms. The Hall–Kier alpha value is -2.60. The van der Waals surface area contributed by atoms with Crippen LogP contribution in [0.5, 0.6) is 11.5 Å². The van der Waals surface area contributed by atoms with Crippen LogP contribution < -0.4 is 20.1 Å². The van der Waals surface area contributed by atoms with Crippen molar-refractivity contribution in [2.24, 2.45) is 0 Å². The number of anilines is 2. The van der Waals surface area contributed by atoms with Crippen molar-refractivity contribution in [3.05, 3.63) is 80.8 Å². The molecule has 0 spiro atoms. The fourth-order valence-corrected chi connectivity index (χ4v) is 3.72. The van der Waals surface area contributed by atoms with Crippen molar-refractivity contribution in [1.29, 1.82) is 0 Å². The van der Waals surface area contributed by atoms with Gasteiger partial charge >= 0.3 is 0 Å². The second-order valence-electron chi connectivity index (χ2n) is 7.00. The minimum atomic E-state index is -0.349. The predicted octanol–water partition coefficient (Wildman–Crippen LogP) is 6.98. The summed E-state index contributed by atoms with van der Waals surface area (Å²) < 4.78 is 11.0. The molecular weight excluding hydrogens is 471 g/mol. The SMILES string of the molecule is CCOc1ccc(NCc2cc(Cl)c(OCC(=O)Nc3ccc(C)c(Cl)c3)c(Cl)c2)cc1. The fourth-order valence-electron chi connectivity index (χ4n) is 2.90. The molecule has 5 nitrogen and oxygen atoms in total. The van der Waals surface area contributed by atoms with Crippen molar-refractivity contribution in [2.45, 2.75) is 20.4 Å². The van der Waals surface area contributed by atoms with Crippen molar-refractivity contribution in [2.75, 3.05) is 23.8 Å². The van der Waals surface area contributed by atoms with E-state index in [4.69, 9.17) is 44.3 Å². The van der Waals surface area contributed by atoms with Crippen LogP contribution in [0.25, 0.3) is 0 Å². The highest BCUT2D eigenvalue weighted by Crippen LogP contribution is 2.34. The Bertz CT molecular complexity index is 1070. The van der Waals surface area contributed by atoms with Crippen LogP contribution in [0, 0.1) is 6.92 Å². The van der Waals surface area contributed by atoms with Gasteiger partial charge in [0.2, 0.25) is 0 Å². The third kappa shape index (κ3) is 6.70. The number of hydrogen-bond donors (Lipinski definition) is 2. The lowest BCUT2D eigenvalue weighted by Crippen LogP contribution is -2.20. The molecule has 3 aromatic rings. The maximum absolute atomic E-state index is 12.2. The van der Waals surface area contributed by atoms with Gasteiger partial charge in [-0.05, 0) is 73.5 Å². The Morgan fingerprint density at radius 3 is 2.16 bits per heavy atom. The lowest BCUT2D eigenvalue weighted by molar-refractivity contribution is -0.118. The topological polar surface area (TPSA) is 59.6 Å². The molecule has 0 fully saturated rings. The van der Waals surface area contributed by atoms with Gasteiger partial charge in [0.25, 0.3) is 5.91 Å². The number of ether oxygens (including phenoxy) is 2. The van der Waals surface area contributed by atoms with Crippen LogP contribution in [0.2, 0.25) is 15.1 Å². The number of nitrogens with one attached hydrogen (secondary N) is 2. The molecule has 2 N–H and O–H groups in total. The number of halogens is 3. The quantitative estimate of drug-likeness (QED) is 0.337. The van der Waals surface area contributed by atoms with E-state index in [0.29, 0.717) is 33.9 Å². The molecule has 32 heavy (non-hydrogen) atoms. The van der Waals surface area contributed by atoms with Crippen LogP contribution in [-0.2, 0) is 11.3 Å². The Balaban J connectivity index is 1.56. The first kappa shape index (κ1) is 24.1. The maximum Gasteiger partial charge on any atom is 0.262 e. The molecule has 0 unspecified atom stereocenters. The molecule has 0 saturated heterocycles. The normalized spacial score (nSPS) is 10.5. The van der Waals surface area contributed by atoms with Crippen molar-refractivity contribution in [1.82, 2.24) is 0 Å². The van der Waals surface area contributed by atoms with Gasteiger partial charge in [0, 0.05) is 22.9 Å². The van der Waals surface area contributed by atoms with Crippen molar-refractivity contribution >= 4 is 52.1 Å². The highest BCUT2D eigenvalue weighted by atomic mass is 35.5. The lowest BCUT2D eigenvalue weighted by Gasteiger charge is -2.13. The van der Waals surface area contributed by atoms with Crippen molar-refractivity contribution in [3.63, 3.8) is 0 Å². The van der Waals surface area contributed by atoms with Gasteiger partial charge in [-0.15, -0.1) is 0 Å². The molecule has 3 rings (SSSR count). The molecule has 1 amide bonds. The zero-order chi connectivity index (χ0) is 23.1. The second kappa shape index (κ2) is 11.3. The molecule has 0 heterocycles. The summed E-state index contributed by atoms with van der Waals surface area (Å²) in [5, 5.41) is 7.25. The zero-order valence-corrected chi connectivity index (χ0v) is 19.9. The van der Waals surface area contributed by atoms with E-state index in [1.807, 2.05) is 44.2 Å². The van der Waals surface area contributed by atoms with E-state index in [0.717, 1.165) is 22.6 Å². The number of carbonyl (C=O) groups is 1. The third-order valence-electron chi connectivity index (χ3n) is 4.52. The fraction of sp³-hybridized carbons (Fsp3) is 0.208. The Morgan fingerprint density at radius 1 is 0.875 bits per heavy atom. The molecule has 8 heteroatoms. The van der Waals surface area contributed by atoms with E-state index in [1.54, 1.807) is 24.3 Å². The standard InChI is InChI=1S/C24H23Cl3N2O3/c1-3-31-19-8-6-17(7-9-19)28-13-16-10-21(26)24(22(27)11-16)32-14-23(30)29-18-5-4-15(2)20(25)12-18/h4-12,28H,3,13-14H2,1-2H3,(H,29,30). The van der Waals surface area contributed by atoms with Gasteiger partial charge < -0.3 is 20.1 Å². The van der Waals surface area contributed by atoms with Gasteiger partial charge in [-0.1, -0.05) is 40.9 Å². The van der Waals surface area contributed by atoms with Crippen LogP contribution in [0.15, 0.2) is 54.6 Å². The predicted molar refractivity (Wildman–Crippen MR) is 132 cm³/mol. The maximum atomic E-state index is 12.2. The lowest BCUT2D eigenvalue weighted by atomic mass is 10.2. The summed E-state index contributed by atoms with van der Waals surface area (Å²) in [5.41, 5.74) is 3.33. The van der Waals surface area contributed by atoms with Gasteiger partial charge in [0.1, 0.15) is 5.75 Å². The Kier molecular flexibility index (Phi) is 8.51. The summed E-state index contributed by atoms with van der Waals surface area (Å²) >= 11 is 18.8. The average molecular weight is 494 g/mol. The number of rotatable bonds is 9. The van der Waals surface area contributed by atoms with Crippen LogP contribution in [0.4, 0.5) is 11.4 Å². The smallest absolute Gasteiger partial charge is 0.262 e. The summed E-state index contributed by atoms with van der Waals surface area (Å²) in [6.45, 7) is 4.73.